The van der Waals surface area contributed by atoms with Gasteiger partial charge in [0.1, 0.15) is 24.2 Å². The molecule has 0 bridgehead atoms. The van der Waals surface area contributed by atoms with Crippen molar-refractivity contribution >= 4 is 27.2 Å². The van der Waals surface area contributed by atoms with Crippen LogP contribution in [0, 0.1) is 5.92 Å². The lowest BCUT2D eigenvalue weighted by Crippen LogP contribution is -2.39. The maximum absolute atomic E-state index is 10.6. The Morgan fingerprint density at radius 1 is 0.814 bits per heavy atom. The third kappa shape index (κ3) is 24.6. The monoisotopic (exact) mass is 840 g/mol. The SMILES string of the molecule is C=CC(=O)NC(C)(C)C.CC(C)(C)N1CC1.CC(C)(C)OS(C)(=O)=O.COCC(O)COc1ccc(/C(=C(\C)c2ccccc2)c2ccc(OCC(C)CO)cc2)cc1. The van der Waals surface area contributed by atoms with Crippen LogP contribution in [-0.4, -0.2) is 105 Å². The normalized spacial score (nSPS) is 14.3. The van der Waals surface area contributed by atoms with E-state index in [-0.39, 0.29) is 37.2 Å². The summed E-state index contributed by atoms with van der Waals surface area (Å²) in [6.07, 6.45) is 1.64. The molecule has 330 valence electrons. The molecule has 59 heavy (non-hydrogen) atoms. The molecule has 1 saturated heterocycles. The number of ether oxygens (including phenoxy) is 3. The number of hydrogen-bond donors (Lipinski definition) is 3. The second-order valence-corrected chi connectivity index (χ2v) is 19.0. The van der Waals surface area contributed by atoms with Gasteiger partial charge in [-0.1, -0.05) is 68.1 Å². The van der Waals surface area contributed by atoms with Crippen molar-refractivity contribution in [2.75, 3.05) is 52.9 Å². The first kappa shape index (κ1) is 53.0. The van der Waals surface area contributed by atoms with Crippen LogP contribution in [0.5, 0.6) is 11.5 Å². The van der Waals surface area contributed by atoms with Crippen LogP contribution in [0.1, 0.15) is 92.9 Å². The predicted octanol–water partition coefficient (Wildman–Crippen LogP) is 8.01. The highest BCUT2D eigenvalue weighted by molar-refractivity contribution is 7.86. The summed E-state index contributed by atoms with van der Waals surface area (Å²) in [6.45, 7) is 28.6. The van der Waals surface area contributed by atoms with Gasteiger partial charge in [-0.25, -0.2) is 0 Å². The maximum atomic E-state index is 10.6. The number of aliphatic hydroxyl groups is 2. The fourth-order valence-corrected chi connectivity index (χ4v) is 6.10. The van der Waals surface area contributed by atoms with Gasteiger partial charge in [0.25, 0.3) is 10.1 Å². The highest BCUT2D eigenvalue weighted by Crippen LogP contribution is 2.34. The minimum atomic E-state index is -3.28. The molecular formula is C47H72N2O9S. The van der Waals surface area contributed by atoms with Gasteiger partial charge in [-0.3, -0.25) is 13.9 Å². The molecule has 11 nitrogen and oxygen atoms in total. The van der Waals surface area contributed by atoms with Gasteiger partial charge in [0.15, 0.2) is 0 Å². The number of hydrogen-bond acceptors (Lipinski definition) is 10. The van der Waals surface area contributed by atoms with E-state index in [9.17, 15) is 23.4 Å². The number of benzene rings is 3. The quantitative estimate of drug-likeness (QED) is 0.0633. The van der Waals surface area contributed by atoms with Gasteiger partial charge in [0, 0.05) is 43.8 Å². The molecule has 0 aromatic heterocycles. The zero-order valence-electron chi connectivity index (χ0n) is 37.8. The van der Waals surface area contributed by atoms with E-state index in [1.165, 1.54) is 19.2 Å². The molecule has 1 aliphatic rings. The van der Waals surface area contributed by atoms with Gasteiger partial charge in [0.05, 0.1) is 25.1 Å². The molecule has 1 fully saturated rings. The standard InChI is InChI=1S/C29H34O5.C7H13NO.C6H13N.C5H12O3S/c1-21(17-30)18-33-27-13-9-24(10-14-27)29(22(2)23-7-5-4-6-8-23)25-11-15-28(16-12-25)34-20-26(31)19-32-3;1-5-6(9)8-7(2,3)4;1-6(2,3)7-4-5-7;1-5(2,3)8-9(4,6)7/h4-16,21,26,30-31H,17-20H2,1-3H3;5H,1H2,2-4H3,(H,8,9);4-5H2,1-3H3;1-4H3/b29-22+;;;. The van der Waals surface area contributed by atoms with Crippen molar-refractivity contribution in [1.82, 2.24) is 10.2 Å². The molecular weight excluding hydrogens is 769 g/mol. The third-order valence-corrected chi connectivity index (χ3v) is 8.80. The van der Waals surface area contributed by atoms with Crippen molar-refractivity contribution in [2.24, 2.45) is 5.92 Å². The Kier molecular flexibility index (Phi) is 22.4. The minimum Gasteiger partial charge on any atom is -0.493 e. The Labute approximate surface area is 355 Å². The van der Waals surface area contributed by atoms with E-state index in [1.54, 1.807) is 27.9 Å². The molecule has 1 aliphatic heterocycles. The van der Waals surface area contributed by atoms with Gasteiger partial charge in [-0.2, -0.15) is 8.42 Å². The lowest BCUT2D eigenvalue weighted by atomic mass is 9.90. The van der Waals surface area contributed by atoms with E-state index in [0.717, 1.165) is 39.8 Å². The molecule has 3 aromatic carbocycles. The fraction of sp³-hybridized carbons (Fsp3) is 0.511. The largest absolute Gasteiger partial charge is 0.493 e. The van der Waals surface area contributed by atoms with E-state index in [0.29, 0.717) is 17.9 Å². The highest BCUT2D eigenvalue weighted by Gasteiger charge is 2.29. The fourth-order valence-electron chi connectivity index (χ4n) is 5.19. The van der Waals surface area contributed by atoms with Crippen LogP contribution in [0.15, 0.2) is 91.5 Å². The molecule has 1 heterocycles. The summed E-state index contributed by atoms with van der Waals surface area (Å²) in [5.74, 6) is 1.44. The Morgan fingerprint density at radius 2 is 1.29 bits per heavy atom. The average molecular weight is 841 g/mol. The first-order valence-corrected chi connectivity index (χ1v) is 21.7. The smallest absolute Gasteiger partial charge is 0.264 e. The number of carbonyl (C=O) groups is 1. The summed E-state index contributed by atoms with van der Waals surface area (Å²) in [7, 11) is -1.73. The number of rotatable bonds is 14. The molecule has 0 saturated carbocycles. The van der Waals surface area contributed by atoms with Gasteiger partial charge in [-0.05, 0) is 127 Å². The van der Waals surface area contributed by atoms with Crippen LogP contribution in [0.4, 0.5) is 0 Å². The van der Waals surface area contributed by atoms with E-state index in [2.05, 4.69) is 72.9 Å². The Hall–Kier alpha value is -4.04. The van der Waals surface area contributed by atoms with Gasteiger partial charge in [0.2, 0.25) is 5.91 Å². The van der Waals surface area contributed by atoms with Crippen molar-refractivity contribution in [2.45, 2.75) is 98.9 Å². The molecule has 3 aromatic rings. The summed E-state index contributed by atoms with van der Waals surface area (Å²) in [5.41, 5.74) is 5.26. The van der Waals surface area contributed by atoms with Crippen molar-refractivity contribution in [3.63, 3.8) is 0 Å². The number of amides is 1. The molecule has 3 N–H and O–H groups in total. The molecule has 0 aliphatic carbocycles. The summed E-state index contributed by atoms with van der Waals surface area (Å²) in [4.78, 5) is 13.0. The highest BCUT2D eigenvalue weighted by atomic mass is 32.2. The molecule has 2 unspecified atom stereocenters. The Morgan fingerprint density at radius 3 is 1.59 bits per heavy atom. The van der Waals surface area contributed by atoms with Crippen LogP contribution in [0.25, 0.3) is 11.1 Å². The van der Waals surface area contributed by atoms with Crippen LogP contribution in [0.3, 0.4) is 0 Å². The maximum Gasteiger partial charge on any atom is 0.264 e. The van der Waals surface area contributed by atoms with Crippen molar-refractivity contribution < 1.29 is 41.8 Å². The second kappa shape index (κ2) is 24.9. The topological polar surface area (TPSA) is 144 Å². The summed E-state index contributed by atoms with van der Waals surface area (Å²) >= 11 is 0. The van der Waals surface area contributed by atoms with Gasteiger partial charge >= 0.3 is 0 Å². The number of allylic oxidation sites excluding steroid dienone is 1. The minimum absolute atomic E-state index is 0.0896. The number of methoxy groups -OCH3 is 1. The molecule has 2 atom stereocenters. The van der Waals surface area contributed by atoms with Gasteiger partial charge < -0.3 is 29.7 Å². The molecule has 12 heteroatoms. The average Bonchev–Trinajstić information content (AvgIpc) is 4.00. The van der Waals surface area contributed by atoms with Crippen LogP contribution in [0.2, 0.25) is 0 Å². The third-order valence-electron chi connectivity index (χ3n) is 8.00. The lowest BCUT2D eigenvalue weighted by molar-refractivity contribution is -0.117. The van der Waals surface area contributed by atoms with Crippen molar-refractivity contribution in [3.8, 4) is 11.5 Å². The summed E-state index contributed by atoms with van der Waals surface area (Å²) in [5, 5.41) is 21.8. The van der Waals surface area contributed by atoms with E-state index in [4.69, 9.17) is 14.2 Å². The first-order valence-electron chi connectivity index (χ1n) is 19.9. The van der Waals surface area contributed by atoms with Crippen LogP contribution < -0.4 is 14.8 Å². The first-order chi connectivity index (χ1) is 27.3. The zero-order chi connectivity index (χ0) is 45.0. The van der Waals surface area contributed by atoms with Crippen LogP contribution >= 0.6 is 0 Å². The van der Waals surface area contributed by atoms with Crippen molar-refractivity contribution in [3.05, 3.63) is 108 Å². The van der Waals surface area contributed by atoms with Crippen molar-refractivity contribution in [1.29, 1.82) is 0 Å². The molecule has 0 spiro atoms. The zero-order valence-corrected chi connectivity index (χ0v) is 38.6. The summed E-state index contributed by atoms with van der Waals surface area (Å²) < 4.78 is 41.9. The molecule has 0 radical (unpaired) electrons. The predicted molar refractivity (Wildman–Crippen MR) is 241 cm³/mol. The number of aliphatic hydroxyl groups excluding tert-OH is 2. The van der Waals surface area contributed by atoms with Gasteiger partial charge in [-0.15, -0.1) is 0 Å². The Balaban J connectivity index is 0.000000559. The van der Waals surface area contributed by atoms with E-state index in [1.807, 2.05) is 82.3 Å². The molecule has 4 rings (SSSR count). The van der Waals surface area contributed by atoms with E-state index >= 15 is 0 Å². The molecule has 1 amide bonds. The second-order valence-electron chi connectivity index (χ2n) is 17.4. The number of nitrogens with zero attached hydrogens (tertiary/aromatic N) is 1. The van der Waals surface area contributed by atoms with E-state index < -0.39 is 21.8 Å². The lowest BCUT2D eigenvalue weighted by Gasteiger charge is -2.18. The van der Waals surface area contributed by atoms with Crippen LogP contribution in [-0.2, 0) is 23.8 Å². The summed E-state index contributed by atoms with van der Waals surface area (Å²) in [6, 6.07) is 26.3. The number of nitrogens with one attached hydrogen (secondary N) is 1. The Bertz CT molecular complexity index is 1800. The number of carbonyl (C=O) groups excluding carboxylic acids is 1.